The van der Waals surface area contributed by atoms with Gasteiger partial charge in [0.15, 0.2) is 11.5 Å². The number of benzene rings is 1. The van der Waals surface area contributed by atoms with Crippen molar-refractivity contribution in [3.05, 3.63) is 24.0 Å². The first-order valence-corrected chi connectivity index (χ1v) is 8.20. The van der Waals surface area contributed by atoms with Gasteiger partial charge in [-0.15, -0.1) is 0 Å². The maximum absolute atomic E-state index is 13.1. The lowest BCUT2D eigenvalue weighted by Crippen LogP contribution is -2.17. The fourth-order valence-electron chi connectivity index (χ4n) is 2.13. The molecule has 0 amide bonds. The van der Waals surface area contributed by atoms with E-state index in [2.05, 4.69) is 6.92 Å². The zero-order valence-corrected chi connectivity index (χ0v) is 14.5. The molecule has 1 rings (SSSR count). The molecule has 24 heavy (non-hydrogen) atoms. The molecule has 0 aromatic heterocycles. The number of carbonyl (C=O) groups excluding carboxylic acids is 2. The average molecular weight is 340 g/mol. The smallest absolute Gasteiger partial charge is 0.311 e. The van der Waals surface area contributed by atoms with Gasteiger partial charge in [0.2, 0.25) is 0 Å². The molecule has 1 aromatic rings. The summed E-state index contributed by atoms with van der Waals surface area (Å²) in [4.78, 5) is 23.5. The molecule has 0 fully saturated rings. The van der Waals surface area contributed by atoms with Crippen molar-refractivity contribution in [1.29, 1.82) is 0 Å². The Kier molecular flexibility index (Phi) is 8.83. The molecule has 0 spiro atoms. The van der Waals surface area contributed by atoms with Crippen molar-refractivity contribution in [2.24, 2.45) is 0 Å². The summed E-state index contributed by atoms with van der Waals surface area (Å²) in [6.07, 6.45) is 3.72. The quantitative estimate of drug-likeness (QED) is 0.365. The SMILES string of the molecule is CCCCCC(C)OC(=O)CCC(=O)Oc1ccc(F)cc1OC. The van der Waals surface area contributed by atoms with Crippen LogP contribution in [-0.2, 0) is 14.3 Å². The van der Waals surface area contributed by atoms with Gasteiger partial charge in [-0.25, -0.2) is 4.39 Å². The normalized spacial score (nSPS) is 11.7. The number of unbranched alkanes of at least 4 members (excludes halogenated alkanes) is 2. The van der Waals surface area contributed by atoms with Gasteiger partial charge in [0.1, 0.15) is 5.82 Å². The minimum Gasteiger partial charge on any atom is -0.493 e. The highest BCUT2D eigenvalue weighted by Gasteiger charge is 2.15. The van der Waals surface area contributed by atoms with Crippen LogP contribution in [0, 0.1) is 5.82 Å². The van der Waals surface area contributed by atoms with Gasteiger partial charge in [-0.3, -0.25) is 9.59 Å². The van der Waals surface area contributed by atoms with Crippen LogP contribution in [-0.4, -0.2) is 25.2 Å². The third-order valence-corrected chi connectivity index (χ3v) is 3.43. The van der Waals surface area contributed by atoms with E-state index >= 15 is 0 Å². The second-order valence-electron chi connectivity index (χ2n) is 5.57. The number of rotatable bonds is 10. The summed E-state index contributed by atoms with van der Waals surface area (Å²) < 4.78 is 28.3. The molecule has 134 valence electrons. The van der Waals surface area contributed by atoms with Gasteiger partial charge in [0.25, 0.3) is 0 Å². The summed E-state index contributed by atoms with van der Waals surface area (Å²) in [5, 5.41) is 0. The minimum absolute atomic E-state index is 0.0551. The van der Waals surface area contributed by atoms with Crippen molar-refractivity contribution >= 4 is 11.9 Å². The topological polar surface area (TPSA) is 61.8 Å². The van der Waals surface area contributed by atoms with E-state index in [-0.39, 0.29) is 30.4 Å². The Morgan fingerprint density at radius 1 is 1.12 bits per heavy atom. The Balaban J connectivity index is 2.37. The van der Waals surface area contributed by atoms with Crippen molar-refractivity contribution in [3.8, 4) is 11.5 Å². The van der Waals surface area contributed by atoms with Crippen LogP contribution in [0.15, 0.2) is 18.2 Å². The zero-order valence-electron chi connectivity index (χ0n) is 14.5. The van der Waals surface area contributed by atoms with Gasteiger partial charge in [-0.05, 0) is 31.9 Å². The van der Waals surface area contributed by atoms with Gasteiger partial charge in [-0.2, -0.15) is 0 Å². The van der Waals surface area contributed by atoms with E-state index in [1.54, 1.807) is 0 Å². The van der Waals surface area contributed by atoms with Crippen LogP contribution in [0.1, 0.15) is 52.4 Å². The Morgan fingerprint density at radius 2 is 1.83 bits per heavy atom. The van der Waals surface area contributed by atoms with Crippen LogP contribution in [0.5, 0.6) is 11.5 Å². The Hall–Kier alpha value is -2.11. The number of hydrogen-bond acceptors (Lipinski definition) is 5. The lowest BCUT2D eigenvalue weighted by molar-refractivity contribution is -0.151. The summed E-state index contributed by atoms with van der Waals surface area (Å²) in [5.74, 6) is -1.29. The number of ether oxygens (including phenoxy) is 3. The Bertz CT molecular complexity index is 544. The molecule has 0 saturated carbocycles. The molecule has 5 nitrogen and oxygen atoms in total. The highest BCUT2D eigenvalue weighted by Crippen LogP contribution is 2.27. The van der Waals surface area contributed by atoms with Crippen molar-refractivity contribution < 1.29 is 28.2 Å². The molecule has 6 heteroatoms. The molecule has 0 aliphatic rings. The maximum atomic E-state index is 13.1. The highest BCUT2D eigenvalue weighted by atomic mass is 19.1. The summed E-state index contributed by atoms with van der Waals surface area (Å²) >= 11 is 0. The van der Waals surface area contributed by atoms with Crippen molar-refractivity contribution in [1.82, 2.24) is 0 Å². The highest BCUT2D eigenvalue weighted by molar-refractivity contribution is 5.79. The Morgan fingerprint density at radius 3 is 2.50 bits per heavy atom. The number of halogens is 1. The van der Waals surface area contributed by atoms with Gasteiger partial charge in [0.05, 0.1) is 26.1 Å². The van der Waals surface area contributed by atoms with E-state index in [4.69, 9.17) is 14.2 Å². The fraction of sp³-hybridized carbons (Fsp3) is 0.556. The van der Waals surface area contributed by atoms with E-state index in [0.29, 0.717) is 0 Å². The number of hydrogen-bond donors (Lipinski definition) is 0. The molecule has 1 unspecified atom stereocenters. The van der Waals surface area contributed by atoms with Crippen LogP contribution >= 0.6 is 0 Å². The van der Waals surface area contributed by atoms with E-state index < -0.39 is 17.8 Å². The standard InChI is InChI=1S/C18H25FO5/c1-4-5-6-7-13(2)23-17(20)10-11-18(21)24-15-9-8-14(19)12-16(15)22-3/h8-9,12-13H,4-7,10-11H2,1-3H3. The first kappa shape index (κ1) is 19.9. The minimum atomic E-state index is -0.601. The molecular weight excluding hydrogens is 315 g/mol. The monoisotopic (exact) mass is 340 g/mol. The Labute approximate surface area is 142 Å². The molecule has 0 aliphatic heterocycles. The van der Waals surface area contributed by atoms with Crippen LogP contribution in [0.2, 0.25) is 0 Å². The van der Waals surface area contributed by atoms with Crippen molar-refractivity contribution in [2.75, 3.05) is 7.11 Å². The van der Waals surface area contributed by atoms with Crippen LogP contribution in [0.4, 0.5) is 4.39 Å². The van der Waals surface area contributed by atoms with Gasteiger partial charge in [0, 0.05) is 6.07 Å². The van der Waals surface area contributed by atoms with E-state index in [9.17, 15) is 14.0 Å². The summed E-state index contributed by atoms with van der Waals surface area (Å²) in [6, 6.07) is 3.59. The fourth-order valence-corrected chi connectivity index (χ4v) is 2.13. The van der Waals surface area contributed by atoms with Crippen molar-refractivity contribution in [2.45, 2.75) is 58.5 Å². The maximum Gasteiger partial charge on any atom is 0.311 e. The van der Waals surface area contributed by atoms with E-state index in [1.165, 1.54) is 13.2 Å². The largest absolute Gasteiger partial charge is 0.493 e. The number of esters is 2. The molecule has 0 aliphatic carbocycles. The predicted molar refractivity (Wildman–Crippen MR) is 87.5 cm³/mol. The number of carbonyl (C=O) groups is 2. The summed E-state index contributed by atoms with van der Waals surface area (Å²) in [6.45, 7) is 3.95. The molecule has 0 saturated heterocycles. The first-order valence-electron chi connectivity index (χ1n) is 8.20. The van der Waals surface area contributed by atoms with E-state index in [1.807, 2.05) is 6.92 Å². The summed E-state index contributed by atoms with van der Waals surface area (Å²) in [5.41, 5.74) is 0. The molecular formula is C18H25FO5. The van der Waals surface area contributed by atoms with Gasteiger partial charge < -0.3 is 14.2 Å². The zero-order chi connectivity index (χ0) is 17.9. The van der Waals surface area contributed by atoms with Gasteiger partial charge in [-0.1, -0.05) is 19.8 Å². The molecule has 1 atom stereocenters. The first-order chi connectivity index (χ1) is 11.5. The predicted octanol–water partition coefficient (Wildman–Crippen LogP) is 4.03. The van der Waals surface area contributed by atoms with E-state index in [0.717, 1.165) is 37.8 Å². The second-order valence-corrected chi connectivity index (χ2v) is 5.57. The van der Waals surface area contributed by atoms with Crippen LogP contribution in [0.3, 0.4) is 0 Å². The van der Waals surface area contributed by atoms with Crippen LogP contribution < -0.4 is 9.47 Å². The van der Waals surface area contributed by atoms with Crippen LogP contribution in [0.25, 0.3) is 0 Å². The van der Waals surface area contributed by atoms with Gasteiger partial charge >= 0.3 is 11.9 Å². The lowest BCUT2D eigenvalue weighted by atomic mass is 10.1. The summed E-state index contributed by atoms with van der Waals surface area (Å²) in [7, 11) is 1.35. The molecule has 0 N–H and O–H groups in total. The number of methoxy groups -OCH3 is 1. The average Bonchev–Trinajstić information content (AvgIpc) is 2.54. The van der Waals surface area contributed by atoms with Crippen molar-refractivity contribution in [3.63, 3.8) is 0 Å². The lowest BCUT2D eigenvalue weighted by Gasteiger charge is -2.13. The second kappa shape index (κ2) is 10.6. The molecule has 0 bridgehead atoms. The molecule has 0 heterocycles. The third-order valence-electron chi connectivity index (χ3n) is 3.43. The molecule has 0 radical (unpaired) electrons. The third kappa shape index (κ3) is 7.44. The molecule has 1 aromatic carbocycles.